The average Bonchev–Trinajstić information content (AvgIpc) is 2.37. The Bertz CT molecular complexity index is 410. The molecule has 0 aliphatic heterocycles. The van der Waals surface area contributed by atoms with Crippen molar-refractivity contribution in [2.75, 3.05) is 19.7 Å². The zero-order valence-electron chi connectivity index (χ0n) is 12.8. The molecule has 1 N–H and O–H groups in total. The van der Waals surface area contributed by atoms with Crippen molar-refractivity contribution in [1.29, 1.82) is 0 Å². The van der Waals surface area contributed by atoms with E-state index >= 15 is 0 Å². The van der Waals surface area contributed by atoms with Gasteiger partial charge in [0.05, 0.1) is 0 Å². The van der Waals surface area contributed by atoms with Crippen molar-refractivity contribution in [2.45, 2.75) is 40.0 Å². The second-order valence-electron chi connectivity index (χ2n) is 5.40. The summed E-state index contributed by atoms with van der Waals surface area (Å²) in [4.78, 5) is 0. The van der Waals surface area contributed by atoms with Gasteiger partial charge in [-0.25, -0.2) is 0 Å². The Labute approximate surface area is 117 Å². The first-order valence-corrected chi connectivity index (χ1v) is 7.15. The van der Waals surface area contributed by atoms with Crippen LogP contribution in [0.25, 0.3) is 0 Å². The van der Waals surface area contributed by atoms with Gasteiger partial charge in [0.15, 0.2) is 0 Å². The molecule has 1 rings (SSSR count). The quantitative estimate of drug-likeness (QED) is 0.563. The third-order valence-electron chi connectivity index (χ3n) is 3.11. The van der Waals surface area contributed by atoms with Gasteiger partial charge in [-0.15, -0.1) is 0 Å². The highest BCUT2D eigenvalue weighted by atomic mass is 16.5. The van der Waals surface area contributed by atoms with Crippen molar-refractivity contribution in [1.82, 2.24) is 5.32 Å². The van der Waals surface area contributed by atoms with E-state index in [-0.39, 0.29) is 0 Å². The first-order chi connectivity index (χ1) is 9.04. The standard InChI is InChI=1S/C17H27NO/c1-6-9-18-11-14(4)12-19-17-10-16(13(2)3)8-7-15(17)5/h7-8,10,13,18H,4,6,9,11-12H2,1-3,5H3. The normalized spacial score (nSPS) is 10.8. The van der Waals surface area contributed by atoms with E-state index in [1.807, 2.05) is 0 Å². The van der Waals surface area contributed by atoms with E-state index in [1.54, 1.807) is 0 Å². The number of nitrogens with one attached hydrogen (secondary N) is 1. The molecule has 0 aliphatic rings. The van der Waals surface area contributed by atoms with Crippen molar-refractivity contribution in [3.8, 4) is 5.75 Å². The third kappa shape index (κ3) is 5.48. The highest BCUT2D eigenvalue weighted by molar-refractivity contribution is 5.38. The molecule has 0 saturated heterocycles. The maximum atomic E-state index is 5.88. The summed E-state index contributed by atoms with van der Waals surface area (Å²) in [6, 6.07) is 6.44. The molecule has 0 amide bonds. The molecule has 0 unspecified atom stereocenters. The van der Waals surface area contributed by atoms with Gasteiger partial charge >= 0.3 is 0 Å². The summed E-state index contributed by atoms with van der Waals surface area (Å²) in [6.07, 6.45) is 1.14. The van der Waals surface area contributed by atoms with Gasteiger partial charge in [-0.3, -0.25) is 0 Å². The molecule has 0 aromatic heterocycles. The minimum Gasteiger partial charge on any atom is -0.489 e. The maximum absolute atomic E-state index is 5.88. The van der Waals surface area contributed by atoms with Crippen molar-refractivity contribution in [3.63, 3.8) is 0 Å². The lowest BCUT2D eigenvalue weighted by Crippen LogP contribution is -2.20. The first-order valence-electron chi connectivity index (χ1n) is 7.15. The summed E-state index contributed by atoms with van der Waals surface area (Å²) in [7, 11) is 0. The predicted molar refractivity (Wildman–Crippen MR) is 83.1 cm³/mol. The van der Waals surface area contributed by atoms with Crippen molar-refractivity contribution >= 4 is 0 Å². The largest absolute Gasteiger partial charge is 0.489 e. The lowest BCUT2D eigenvalue weighted by molar-refractivity contribution is 0.345. The Kier molecular flexibility index (Phi) is 6.65. The van der Waals surface area contributed by atoms with Crippen LogP contribution >= 0.6 is 0 Å². The molecule has 0 radical (unpaired) electrons. The van der Waals surface area contributed by atoms with Gasteiger partial charge in [0.1, 0.15) is 12.4 Å². The Morgan fingerprint density at radius 3 is 2.74 bits per heavy atom. The number of hydrogen-bond acceptors (Lipinski definition) is 2. The molecule has 0 bridgehead atoms. The van der Waals surface area contributed by atoms with E-state index in [4.69, 9.17) is 4.74 Å². The van der Waals surface area contributed by atoms with Gasteiger partial charge in [-0.2, -0.15) is 0 Å². The molecule has 2 nitrogen and oxygen atoms in total. The highest BCUT2D eigenvalue weighted by Crippen LogP contribution is 2.24. The van der Waals surface area contributed by atoms with Gasteiger partial charge in [-0.1, -0.05) is 39.5 Å². The second kappa shape index (κ2) is 8.00. The fourth-order valence-corrected chi connectivity index (χ4v) is 1.80. The molecule has 19 heavy (non-hydrogen) atoms. The van der Waals surface area contributed by atoms with E-state index in [0.29, 0.717) is 12.5 Å². The maximum Gasteiger partial charge on any atom is 0.122 e. The molecular weight excluding hydrogens is 234 g/mol. The van der Waals surface area contributed by atoms with E-state index < -0.39 is 0 Å². The van der Waals surface area contributed by atoms with Crippen molar-refractivity contribution in [3.05, 3.63) is 41.5 Å². The minimum absolute atomic E-state index is 0.525. The van der Waals surface area contributed by atoms with Crippen LogP contribution in [0, 0.1) is 6.92 Å². The van der Waals surface area contributed by atoms with Crippen molar-refractivity contribution < 1.29 is 4.74 Å². The van der Waals surface area contributed by atoms with E-state index in [0.717, 1.165) is 30.8 Å². The molecular formula is C17H27NO. The lowest BCUT2D eigenvalue weighted by Gasteiger charge is -2.14. The molecule has 0 spiro atoms. The molecule has 0 atom stereocenters. The van der Waals surface area contributed by atoms with Gasteiger partial charge < -0.3 is 10.1 Å². The number of benzene rings is 1. The zero-order chi connectivity index (χ0) is 14.3. The predicted octanol–water partition coefficient (Wildman–Crippen LogP) is 4.05. The van der Waals surface area contributed by atoms with Crippen LogP contribution in [0.5, 0.6) is 5.75 Å². The molecule has 0 fully saturated rings. The Balaban J connectivity index is 2.52. The molecule has 0 heterocycles. The number of ether oxygens (including phenoxy) is 1. The number of rotatable bonds is 8. The van der Waals surface area contributed by atoms with E-state index in [1.165, 1.54) is 11.1 Å². The number of hydrogen-bond donors (Lipinski definition) is 1. The zero-order valence-corrected chi connectivity index (χ0v) is 12.8. The fraction of sp³-hybridized carbons (Fsp3) is 0.529. The van der Waals surface area contributed by atoms with Crippen LogP contribution in [0.3, 0.4) is 0 Å². The second-order valence-corrected chi connectivity index (χ2v) is 5.40. The van der Waals surface area contributed by atoms with E-state index in [2.05, 4.69) is 57.8 Å². The Morgan fingerprint density at radius 2 is 2.11 bits per heavy atom. The van der Waals surface area contributed by atoms with Crippen LogP contribution in [0.2, 0.25) is 0 Å². The summed E-state index contributed by atoms with van der Waals surface area (Å²) in [5, 5.41) is 3.34. The van der Waals surface area contributed by atoms with Gasteiger partial charge in [-0.05, 0) is 48.6 Å². The van der Waals surface area contributed by atoms with Crippen LogP contribution in [-0.2, 0) is 0 Å². The molecule has 0 aliphatic carbocycles. The SMILES string of the molecule is C=C(CNCCC)COc1cc(C(C)C)ccc1C. The van der Waals surface area contributed by atoms with Crippen LogP contribution in [0.1, 0.15) is 44.2 Å². The van der Waals surface area contributed by atoms with Gasteiger partial charge in [0.2, 0.25) is 0 Å². The van der Waals surface area contributed by atoms with Crippen LogP contribution in [-0.4, -0.2) is 19.7 Å². The lowest BCUT2D eigenvalue weighted by atomic mass is 10.0. The highest BCUT2D eigenvalue weighted by Gasteiger charge is 2.05. The monoisotopic (exact) mass is 261 g/mol. The Morgan fingerprint density at radius 1 is 1.37 bits per heavy atom. The van der Waals surface area contributed by atoms with E-state index in [9.17, 15) is 0 Å². The van der Waals surface area contributed by atoms with Gasteiger partial charge in [0.25, 0.3) is 0 Å². The first kappa shape index (κ1) is 15.8. The smallest absolute Gasteiger partial charge is 0.122 e. The molecule has 1 aromatic rings. The minimum atomic E-state index is 0.525. The molecule has 2 heteroatoms. The summed E-state index contributed by atoms with van der Waals surface area (Å²) >= 11 is 0. The van der Waals surface area contributed by atoms with Crippen molar-refractivity contribution in [2.24, 2.45) is 0 Å². The summed E-state index contributed by atoms with van der Waals surface area (Å²) in [6.45, 7) is 15.1. The summed E-state index contributed by atoms with van der Waals surface area (Å²) < 4.78 is 5.88. The molecule has 0 saturated carbocycles. The van der Waals surface area contributed by atoms with Crippen LogP contribution in [0.15, 0.2) is 30.4 Å². The average molecular weight is 261 g/mol. The van der Waals surface area contributed by atoms with Gasteiger partial charge in [0, 0.05) is 6.54 Å². The summed E-state index contributed by atoms with van der Waals surface area (Å²) in [5.74, 6) is 1.50. The summed E-state index contributed by atoms with van der Waals surface area (Å²) in [5.41, 5.74) is 3.58. The topological polar surface area (TPSA) is 21.3 Å². The fourth-order valence-electron chi connectivity index (χ4n) is 1.80. The van der Waals surface area contributed by atoms with Crippen LogP contribution in [0.4, 0.5) is 0 Å². The third-order valence-corrected chi connectivity index (χ3v) is 3.11. The Hall–Kier alpha value is -1.28. The molecule has 1 aromatic carbocycles. The van der Waals surface area contributed by atoms with Crippen LogP contribution < -0.4 is 10.1 Å². The molecule has 106 valence electrons. The number of aryl methyl sites for hydroxylation is 1.